The quantitative estimate of drug-likeness (QED) is 0.0320. The maximum atomic E-state index is 12.4. The van der Waals surface area contributed by atoms with E-state index >= 15 is 0 Å². The van der Waals surface area contributed by atoms with Crippen LogP contribution in [-0.2, 0) is 44.5 Å². The van der Waals surface area contributed by atoms with Crippen LogP contribution in [0.15, 0.2) is 54.6 Å². The van der Waals surface area contributed by atoms with Gasteiger partial charge in [-0.05, 0) is 56.4 Å². The summed E-state index contributed by atoms with van der Waals surface area (Å²) in [5, 5.41) is 31.5. The van der Waals surface area contributed by atoms with Crippen LogP contribution in [0.4, 0.5) is 4.79 Å². The van der Waals surface area contributed by atoms with Crippen LogP contribution in [0.3, 0.4) is 0 Å². The van der Waals surface area contributed by atoms with Gasteiger partial charge in [-0.2, -0.15) is 0 Å². The Morgan fingerprint density at radius 1 is 0.849 bits per heavy atom. The van der Waals surface area contributed by atoms with E-state index in [-0.39, 0.29) is 37.5 Å². The minimum Gasteiger partial charge on any atom is -0.462 e. The fourth-order valence-electron chi connectivity index (χ4n) is 5.62. The number of terminal acetylenes is 2. The molecule has 12 heteroatoms. The van der Waals surface area contributed by atoms with Crippen LogP contribution in [0.2, 0.25) is 0 Å². The summed E-state index contributed by atoms with van der Waals surface area (Å²) in [5.74, 6) is 2.58. The molecule has 1 unspecified atom stereocenters. The summed E-state index contributed by atoms with van der Waals surface area (Å²) in [6.07, 6.45) is 16.8. The zero-order valence-electron chi connectivity index (χ0n) is 30.5. The number of carbonyl (C=O) groups excluding carboxylic acids is 4. The smallest absolute Gasteiger partial charge is 0.462 e. The fourth-order valence-corrected chi connectivity index (χ4v) is 5.62. The van der Waals surface area contributed by atoms with Gasteiger partial charge in [0.25, 0.3) is 0 Å². The Labute approximate surface area is 312 Å². The van der Waals surface area contributed by atoms with E-state index in [2.05, 4.69) is 11.8 Å². The van der Waals surface area contributed by atoms with Gasteiger partial charge < -0.3 is 39.0 Å². The van der Waals surface area contributed by atoms with Crippen molar-refractivity contribution in [2.45, 2.75) is 121 Å². The highest BCUT2D eigenvalue weighted by Crippen LogP contribution is 2.36. The van der Waals surface area contributed by atoms with Crippen molar-refractivity contribution < 1.29 is 58.2 Å². The molecule has 2 rings (SSSR count). The van der Waals surface area contributed by atoms with E-state index in [4.69, 9.17) is 36.5 Å². The molecule has 1 aliphatic carbocycles. The molecule has 0 amide bonds. The maximum Gasteiger partial charge on any atom is 0.511 e. The lowest BCUT2D eigenvalue weighted by Gasteiger charge is -2.20. The molecular formula is C41H54O12. The predicted octanol–water partition coefficient (Wildman–Crippen LogP) is 5.12. The molecule has 1 fully saturated rings. The second kappa shape index (κ2) is 26.2. The number of rotatable bonds is 24. The summed E-state index contributed by atoms with van der Waals surface area (Å²) in [5.41, 5.74) is 1.14. The summed E-state index contributed by atoms with van der Waals surface area (Å²) in [6, 6.07) is 9.88. The van der Waals surface area contributed by atoms with Gasteiger partial charge >= 0.3 is 24.1 Å². The normalized spacial score (nSPS) is 19.3. The molecule has 53 heavy (non-hydrogen) atoms. The van der Waals surface area contributed by atoms with Gasteiger partial charge in [-0.15, -0.1) is 24.7 Å². The summed E-state index contributed by atoms with van der Waals surface area (Å²) in [6.45, 7) is 0.526. The molecule has 1 aromatic carbocycles. The number of aliphatic hydroxyl groups is 3. The third-order valence-corrected chi connectivity index (χ3v) is 8.46. The van der Waals surface area contributed by atoms with Gasteiger partial charge in [-0.3, -0.25) is 14.4 Å². The first-order chi connectivity index (χ1) is 25.5. The Morgan fingerprint density at radius 2 is 1.47 bits per heavy atom. The topological polar surface area (TPSA) is 175 Å². The van der Waals surface area contributed by atoms with E-state index in [1.807, 2.05) is 48.6 Å². The molecule has 0 saturated heterocycles. The molecule has 1 aromatic rings. The van der Waals surface area contributed by atoms with Crippen molar-refractivity contribution in [1.29, 1.82) is 0 Å². The van der Waals surface area contributed by atoms with E-state index in [1.165, 1.54) is 6.92 Å². The van der Waals surface area contributed by atoms with E-state index in [1.54, 1.807) is 6.08 Å². The summed E-state index contributed by atoms with van der Waals surface area (Å²) in [4.78, 5) is 48.7. The van der Waals surface area contributed by atoms with E-state index in [9.17, 15) is 34.5 Å². The standard InChI is InChI=1S/C41H54O12/c1-4-6-11-20-38(45)49-28-33(29-50-39(46)21-12-7-5-2)53-41(48)52-30(3)51-40(47)22-16-9-8-15-19-34-35(37(44)27-36(34)43)26-25-32(42)24-23-31-17-13-10-14-18-31/h1-2,8,10,13-15,17-18,25-26,30,32-37,42-44H,6-7,9,11-12,16,19-24,27-29H2,3H3/b15-8-,26-25+/t30?,32-,34+,35+,36-,37+/m0/s1. The molecule has 290 valence electrons. The summed E-state index contributed by atoms with van der Waals surface area (Å²) >= 11 is 0. The molecule has 3 N–H and O–H groups in total. The fraction of sp³-hybridized carbons (Fsp3) is 0.561. The number of benzene rings is 1. The van der Waals surface area contributed by atoms with Crippen LogP contribution >= 0.6 is 0 Å². The number of allylic oxidation sites excluding steroid dienone is 2. The van der Waals surface area contributed by atoms with E-state index in [0.29, 0.717) is 51.4 Å². The first-order valence-corrected chi connectivity index (χ1v) is 18.2. The molecule has 0 aromatic heterocycles. The SMILES string of the molecule is C#CCCCC(=O)OCC(COC(=O)CCCC#C)OC(=O)OC(C)OC(=O)CCC/C=C\C[C@@H]1[C@@H](/C=C/[C@@H](O)CCc2ccccc2)[C@H](O)C[C@@H]1O. The Kier molecular flexibility index (Phi) is 22.0. The van der Waals surface area contributed by atoms with Gasteiger partial charge in [0.1, 0.15) is 13.2 Å². The Morgan fingerprint density at radius 3 is 2.09 bits per heavy atom. The Hall–Kier alpha value is -4.62. The van der Waals surface area contributed by atoms with Gasteiger partial charge in [-0.1, -0.05) is 54.6 Å². The predicted molar refractivity (Wildman–Crippen MR) is 195 cm³/mol. The van der Waals surface area contributed by atoms with Crippen molar-refractivity contribution in [2.75, 3.05) is 13.2 Å². The van der Waals surface area contributed by atoms with Gasteiger partial charge in [0.05, 0.1) is 18.3 Å². The lowest BCUT2D eigenvalue weighted by atomic mass is 9.89. The van der Waals surface area contributed by atoms with Crippen molar-refractivity contribution >= 4 is 24.1 Å². The van der Waals surface area contributed by atoms with Crippen LogP contribution in [0.1, 0.15) is 89.5 Å². The number of ether oxygens (including phenoxy) is 5. The van der Waals surface area contributed by atoms with E-state index < -0.39 is 68.0 Å². The minimum absolute atomic E-state index is 0.0397. The Balaban J connectivity index is 1.73. The molecule has 12 nitrogen and oxygen atoms in total. The molecule has 6 atom stereocenters. The first-order valence-electron chi connectivity index (χ1n) is 18.2. The van der Waals surface area contributed by atoms with Crippen LogP contribution in [0.5, 0.6) is 0 Å². The van der Waals surface area contributed by atoms with Gasteiger partial charge in [0.2, 0.25) is 6.29 Å². The number of hydrogen-bond acceptors (Lipinski definition) is 12. The molecule has 0 bridgehead atoms. The molecular weight excluding hydrogens is 684 g/mol. The van der Waals surface area contributed by atoms with Crippen molar-refractivity contribution in [3.05, 3.63) is 60.2 Å². The largest absolute Gasteiger partial charge is 0.511 e. The molecule has 0 aliphatic heterocycles. The zero-order chi connectivity index (χ0) is 38.8. The second-order valence-corrected chi connectivity index (χ2v) is 12.8. The Bertz CT molecular complexity index is 1360. The third kappa shape index (κ3) is 19.7. The van der Waals surface area contributed by atoms with Gasteiger partial charge in [0.15, 0.2) is 6.10 Å². The van der Waals surface area contributed by atoms with Crippen molar-refractivity contribution in [3.63, 3.8) is 0 Å². The maximum absolute atomic E-state index is 12.4. The van der Waals surface area contributed by atoms with Gasteiger partial charge in [-0.25, -0.2) is 4.79 Å². The number of unbranched alkanes of at least 4 members (excludes halogenated alkanes) is 3. The van der Waals surface area contributed by atoms with Crippen molar-refractivity contribution in [3.8, 4) is 24.7 Å². The highest BCUT2D eigenvalue weighted by atomic mass is 16.8. The van der Waals surface area contributed by atoms with Crippen LogP contribution < -0.4 is 0 Å². The number of hydrogen-bond donors (Lipinski definition) is 3. The molecule has 0 radical (unpaired) electrons. The average Bonchev–Trinajstić information content (AvgIpc) is 3.40. The van der Waals surface area contributed by atoms with Crippen LogP contribution in [0.25, 0.3) is 0 Å². The second-order valence-electron chi connectivity index (χ2n) is 12.8. The lowest BCUT2D eigenvalue weighted by molar-refractivity contribution is -0.172. The lowest BCUT2D eigenvalue weighted by Crippen LogP contribution is -2.32. The summed E-state index contributed by atoms with van der Waals surface area (Å²) < 4.78 is 25.6. The number of esters is 3. The molecule has 1 saturated carbocycles. The number of aryl methyl sites for hydroxylation is 1. The van der Waals surface area contributed by atoms with Crippen LogP contribution in [0, 0.1) is 36.5 Å². The van der Waals surface area contributed by atoms with E-state index in [0.717, 1.165) is 12.0 Å². The number of aliphatic hydroxyl groups excluding tert-OH is 3. The highest BCUT2D eigenvalue weighted by molar-refractivity contribution is 5.70. The monoisotopic (exact) mass is 738 g/mol. The molecule has 1 aliphatic rings. The number of carbonyl (C=O) groups is 4. The zero-order valence-corrected chi connectivity index (χ0v) is 30.5. The third-order valence-electron chi connectivity index (χ3n) is 8.46. The molecule has 0 heterocycles. The summed E-state index contributed by atoms with van der Waals surface area (Å²) in [7, 11) is 0. The highest BCUT2D eigenvalue weighted by Gasteiger charge is 2.39. The van der Waals surface area contributed by atoms with Crippen molar-refractivity contribution in [2.24, 2.45) is 11.8 Å². The average molecular weight is 739 g/mol. The van der Waals surface area contributed by atoms with Gasteiger partial charge in [0, 0.05) is 51.4 Å². The minimum atomic E-state index is -1.29. The first kappa shape index (κ1) is 44.5. The van der Waals surface area contributed by atoms with Crippen LogP contribution in [-0.4, -0.2) is 83.3 Å². The molecule has 0 spiro atoms. The van der Waals surface area contributed by atoms with Crippen molar-refractivity contribution in [1.82, 2.24) is 0 Å².